The molecule has 1 aromatic heterocycles. The third-order valence-electron chi connectivity index (χ3n) is 8.96. The molecule has 7 rings (SSSR count). The highest BCUT2D eigenvalue weighted by molar-refractivity contribution is 6.31. The van der Waals surface area contributed by atoms with E-state index in [0.717, 1.165) is 60.7 Å². The van der Waals surface area contributed by atoms with Gasteiger partial charge in [0.05, 0.1) is 11.0 Å². The summed E-state index contributed by atoms with van der Waals surface area (Å²) >= 11 is 6.10. The van der Waals surface area contributed by atoms with Crippen molar-refractivity contribution < 1.29 is 4.79 Å². The second-order valence-electron chi connectivity index (χ2n) is 11.0. The van der Waals surface area contributed by atoms with Gasteiger partial charge >= 0.3 is 0 Å². The van der Waals surface area contributed by atoms with Crippen LogP contribution in [-0.4, -0.2) is 35.0 Å². The van der Waals surface area contributed by atoms with E-state index >= 15 is 0 Å². The molecule has 2 heterocycles. The molecule has 5 fully saturated rings. The largest absolute Gasteiger partial charge is 0.353 e. The highest BCUT2D eigenvalue weighted by Crippen LogP contribution is 2.61. The molecule has 6 heteroatoms. The molecular formula is C25H33ClN4O. The predicted octanol–water partition coefficient (Wildman–Crippen LogP) is 5.15. The van der Waals surface area contributed by atoms with Crippen molar-refractivity contribution >= 4 is 34.5 Å². The smallest absolute Gasteiger partial charge is 0.223 e. The number of aromatic amines is 1. The molecule has 0 unspecified atom stereocenters. The van der Waals surface area contributed by atoms with Gasteiger partial charge in [-0.25, -0.2) is 4.98 Å². The number of nitrogens with one attached hydrogen (secondary N) is 2. The number of amides is 1. The first-order valence-corrected chi connectivity index (χ1v) is 12.6. The van der Waals surface area contributed by atoms with Crippen molar-refractivity contribution in [2.24, 2.45) is 29.1 Å². The lowest BCUT2D eigenvalue weighted by molar-refractivity contribution is -0.130. The van der Waals surface area contributed by atoms with Crippen LogP contribution in [0.25, 0.3) is 11.0 Å². The third kappa shape index (κ3) is 3.53. The number of anilines is 1. The molecule has 4 bridgehead atoms. The van der Waals surface area contributed by atoms with E-state index in [0.29, 0.717) is 16.5 Å². The summed E-state index contributed by atoms with van der Waals surface area (Å²) in [5.41, 5.74) is 2.27. The molecule has 5 nitrogen and oxygen atoms in total. The first kappa shape index (κ1) is 19.9. The molecule has 1 aliphatic heterocycles. The average molecular weight is 441 g/mol. The monoisotopic (exact) mass is 440 g/mol. The van der Waals surface area contributed by atoms with Crippen LogP contribution in [-0.2, 0) is 4.79 Å². The molecule has 166 valence electrons. The maximum absolute atomic E-state index is 13.2. The molecule has 5 aliphatic rings. The number of hydrogen-bond donors (Lipinski definition) is 2. The first-order chi connectivity index (χ1) is 15.0. The molecule has 2 aromatic rings. The molecule has 1 aromatic carbocycles. The molecule has 4 aliphatic carbocycles. The number of imidazole rings is 1. The van der Waals surface area contributed by atoms with Gasteiger partial charge in [-0.3, -0.25) is 4.79 Å². The number of benzene rings is 1. The summed E-state index contributed by atoms with van der Waals surface area (Å²) < 4.78 is 0. The number of halogens is 1. The number of hydrogen-bond acceptors (Lipinski definition) is 3. The summed E-state index contributed by atoms with van der Waals surface area (Å²) in [6.07, 6.45) is 10.2. The van der Waals surface area contributed by atoms with E-state index in [4.69, 9.17) is 16.6 Å². The maximum atomic E-state index is 13.2. The van der Waals surface area contributed by atoms with E-state index in [-0.39, 0.29) is 11.8 Å². The van der Waals surface area contributed by atoms with Gasteiger partial charge in [-0.1, -0.05) is 11.6 Å². The van der Waals surface area contributed by atoms with E-state index < -0.39 is 0 Å². The van der Waals surface area contributed by atoms with Crippen molar-refractivity contribution in [3.05, 3.63) is 23.2 Å². The highest BCUT2D eigenvalue weighted by Gasteiger charge is 2.53. The summed E-state index contributed by atoms with van der Waals surface area (Å²) in [6.45, 7) is 4.01. The first-order valence-electron chi connectivity index (χ1n) is 12.2. The van der Waals surface area contributed by atoms with E-state index in [1.165, 1.54) is 38.5 Å². The van der Waals surface area contributed by atoms with Gasteiger partial charge in [-0.2, -0.15) is 0 Å². The summed E-state index contributed by atoms with van der Waals surface area (Å²) in [6, 6.07) is 6.05. The Balaban J connectivity index is 1.07. The fraction of sp³-hybridized carbons (Fsp3) is 0.680. The van der Waals surface area contributed by atoms with Gasteiger partial charge in [-0.05, 0) is 99.7 Å². The van der Waals surface area contributed by atoms with Crippen molar-refractivity contribution in [1.29, 1.82) is 0 Å². The van der Waals surface area contributed by atoms with Crippen LogP contribution < -0.4 is 10.2 Å². The number of nitrogens with zero attached hydrogens (tertiary/aromatic N) is 2. The van der Waals surface area contributed by atoms with E-state index in [2.05, 4.69) is 22.1 Å². The molecular weight excluding hydrogens is 408 g/mol. The fourth-order valence-electron chi connectivity index (χ4n) is 7.66. The van der Waals surface area contributed by atoms with Crippen LogP contribution in [0.15, 0.2) is 18.2 Å². The Bertz CT molecular complexity index is 957. The molecule has 1 amide bonds. The number of piperidine rings is 1. The van der Waals surface area contributed by atoms with Gasteiger partial charge in [0.15, 0.2) is 0 Å². The van der Waals surface area contributed by atoms with E-state index in [1.807, 2.05) is 18.2 Å². The average Bonchev–Trinajstić information content (AvgIpc) is 3.16. The van der Waals surface area contributed by atoms with Crippen molar-refractivity contribution in [2.45, 2.75) is 64.3 Å². The summed E-state index contributed by atoms with van der Waals surface area (Å²) in [5, 5.41) is 4.21. The molecule has 1 saturated heterocycles. The van der Waals surface area contributed by atoms with Crippen LogP contribution >= 0.6 is 11.6 Å². The van der Waals surface area contributed by atoms with Gasteiger partial charge in [0.2, 0.25) is 11.9 Å². The zero-order valence-electron chi connectivity index (χ0n) is 18.4. The van der Waals surface area contributed by atoms with Gasteiger partial charge < -0.3 is 15.2 Å². The number of H-pyrrole nitrogens is 1. The fourth-order valence-corrected chi connectivity index (χ4v) is 7.84. The minimum absolute atomic E-state index is 0.117. The Labute approximate surface area is 189 Å². The molecule has 31 heavy (non-hydrogen) atoms. The predicted molar refractivity (Wildman–Crippen MR) is 124 cm³/mol. The quantitative estimate of drug-likeness (QED) is 0.690. The number of fused-ring (bicyclic) bond motifs is 1. The molecule has 4 saturated carbocycles. The lowest BCUT2D eigenvalue weighted by Gasteiger charge is -2.59. The zero-order chi connectivity index (χ0) is 21.2. The minimum atomic E-state index is 0.117. The molecule has 1 atom stereocenters. The number of aromatic nitrogens is 2. The summed E-state index contributed by atoms with van der Waals surface area (Å²) in [5.74, 6) is 4.05. The topological polar surface area (TPSA) is 61.0 Å². The Morgan fingerprint density at radius 3 is 2.45 bits per heavy atom. The summed E-state index contributed by atoms with van der Waals surface area (Å²) in [4.78, 5) is 23.5. The highest BCUT2D eigenvalue weighted by atomic mass is 35.5. The number of carbonyl (C=O) groups excluding carboxylic acids is 1. The van der Waals surface area contributed by atoms with Gasteiger partial charge in [-0.15, -0.1) is 0 Å². The van der Waals surface area contributed by atoms with Crippen LogP contribution in [0.1, 0.15) is 58.3 Å². The maximum Gasteiger partial charge on any atom is 0.223 e. The Morgan fingerprint density at radius 2 is 1.81 bits per heavy atom. The Hall–Kier alpha value is -1.75. The normalized spacial score (nSPS) is 33.7. The van der Waals surface area contributed by atoms with Crippen LogP contribution in [0.3, 0.4) is 0 Å². The Kier molecular flexibility index (Phi) is 4.75. The van der Waals surface area contributed by atoms with Crippen LogP contribution in [0.5, 0.6) is 0 Å². The van der Waals surface area contributed by atoms with Gasteiger partial charge in [0.1, 0.15) is 0 Å². The number of rotatable bonds is 4. The van der Waals surface area contributed by atoms with Crippen LogP contribution in [0.2, 0.25) is 5.02 Å². The molecule has 2 N–H and O–H groups in total. The van der Waals surface area contributed by atoms with Crippen molar-refractivity contribution in [1.82, 2.24) is 15.3 Å². The lowest BCUT2D eigenvalue weighted by Crippen LogP contribution is -2.56. The Morgan fingerprint density at radius 1 is 1.16 bits per heavy atom. The SMILES string of the molecule is C[C@H](NC(=O)C1CCN(c2nc3ccc(Cl)cc3[nH]2)CC1)C12CC3CC(CC(C3)C1)C2. The molecule has 0 spiro atoms. The van der Waals surface area contributed by atoms with Crippen LogP contribution in [0, 0.1) is 29.1 Å². The van der Waals surface area contributed by atoms with Gasteiger partial charge in [0.25, 0.3) is 0 Å². The number of carbonyl (C=O) groups is 1. The second-order valence-corrected chi connectivity index (χ2v) is 11.4. The molecule has 0 radical (unpaired) electrons. The van der Waals surface area contributed by atoms with Crippen molar-refractivity contribution in [2.75, 3.05) is 18.0 Å². The third-order valence-corrected chi connectivity index (χ3v) is 9.19. The second kappa shape index (κ2) is 7.40. The van der Waals surface area contributed by atoms with Crippen molar-refractivity contribution in [3.8, 4) is 0 Å². The standard InChI is InChI=1S/C25H33ClN4O/c1-15(25-12-16-8-17(13-25)10-18(9-16)14-25)27-23(31)19-4-6-30(7-5-19)24-28-21-3-2-20(26)11-22(21)29-24/h2-3,11,15-19H,4-10,12-14H2,1H3,(H,27,31)(H,28,29)/t15-,16?,17?,18?,25?/m0/s1. The minimum Gasteiger partial charge on any atom is -0.353 e. The lowest BCUT2D eigenvalue weighted by atomic mass is 9.48. The van der Waals surface area contributed by atoms with E-state index in [9.17, 15) is 4.79 Å². The van der Waals surface area contributed by atoms with Gasteiger partial charge in [0, 0.05) is 30.1 Å². The summed E-state index contributed by atoms with van der Waals surface area (Å²) in [7, 11) is 0. The zero-order valence-corrected chi connectivity index (χ0v) is 19.1. The van der Waals surface area contributed by atoms with Crippen LogP contribution in [0.4, 0.5) is 5.95 Å². The van der Waals surface area contributed by atoms with Crippen molar-refractivity contribution in [3.63, 3.8) is 0 Å². The van der Waals surface area contributed by atoms with E-state index in [1.54, 1.807) is 0 Å².